The molecule has 0 aliphatic heterocycles. The van der Waals surface area contributed by atoms with Crippen molar-refractivity contribution in [1.29, 1.82) is 0 Å². The van der Waals surface area contributed by atoms with Crippen LogP contribution in [0.25, 0.3) is 11.0 Å². The summed E-state index contributed by atoms with van der Waals surface area (Å²) in [5.74, 6) is -0.203. The molecule has 1 aromatic carbocycles. The van der Waals surface area contributed by atoms with Crippen molar-refractivity contribution >= 4 is 16.8 Å². The Labute approximate surface area is 108 Å². The second kappa shape index (κ2) is 4.53. The largest absolute Gasteiger partial charge is 0.464 e. The summed E-state index contributed by atoms with van der Waals surface area (Å²) in [6.07, 6.45) is 2.89. The summed E-state index contributed by atoms with van der Waals surface area (Å²) < 4.78 is 6.44. The number of para-hydroxylation sites is 1. The highest BCUT2D eigenvalue weighted by molar-refractivity contribution is 6.06. The molecule has 0 aliphatic rings. The molecule has 0 fully saturated rings. The molecule has 0 amide bonds. The van der Waals surface area contributed by atoms with Crippen LogP contribution in [0.4, 0.5) is 0 Å². The van der Waals surface area contributed by atoms with Gasteiger partial charge in [0.25, 0.3) is 5.56 Å². The van der Waals surface area contributed by atoms with Crippen LogP contribution < -0.4 is 5.56 Å². The highest BCUT2D eigenvalue weighted by atomic mass is 16.3. The number of hydrogen-bond acceptors (Lipinski definition) is 4. The van der Waals surface area contributed by atoms with E-state index in [9.17, 15) is 9.59 Å². The van der Waals surface area contributed by atoms with Gasteiger partial charge in [-0.1, -0.05) is 18.2 Å². The van der Waals surface area contributed by atoms with E-state index in [0.29, 0.717) is 11.1 Å². The van der Waals surface area contributed by atoms with Crippen molar-refractivity contribution in [3.63, 3.8) is 0 Å². The number of carbonyl (C=O) groups is 1. The lowest BCUT2D eigenvalue weighted by Crippen LogP contribution is -2.25. The van der Waals surface area contributed by atoms with Gasteiger partial charge in [0.1, 0.15) is 18.4 Å². The smallest absolute Gasteiger partial charge is 0.267 e. The van der Waals surface area contributed by atoms with Crippen LogP contribution >= 0.6 is 0 Å². The highest BCUT2D eigenvalue weighted by Crippen LogP contribution is 2.21. The number of carbonyl (C=O) groups excluding carboxylic acids is 1. The van der Waals surface area contributed by atoms with E-state index in [0.717, 1.165) is 10.1 Å². The molecule has 3 aromatic rings. The van der Waals surface area contributed by atoms with Gasteiger partial charge in [-0.2, -0.15) is 5.10 Å². The second-order valence-electron chi connectivity index (χ2n) is 4.09. The van der Waals surface area contributed by atoms with Crippen molar-refractivity contribution < 1.29 is 9.21 Å². The zero-order valence-corrected chi connectivity index (χ0v) is 9.95. The van der Waals surface area contributed by atoms with Gasteiger partial charge in [-0.3, -0.25) is 9.59 Å². The first-order valence-corrected chi connectivity index (χ1v) is 5.77. The summed E-state index contributed by atoms with van der Waals surface area (Å²) in [5.41, 5.74) is 0.816. The van der Waals surface area contributed by atoms with Crippen LogP contribution in [0.3, 0.4) is 0 Å². The fourth-order valence-electron chi connectivity index (χ4n) is 1.92. The average molecular weight is 254 g/mol. The molecule has 0 N–H and O–H groups in total. The highest BCUT2D eigenvalue weighted by Gasteiger charge is 2.14. The number of nitrogens with zero attached hydrogens (tertiary/aromatic N) is 2. The molecule has 0 unspecified atom stereocenters. The van der Waals surface area contributed by atoms with Crippen molar-refractivity contribution in [2.75, 3.05) is 0 Å². The van der Waals surface area contributed by atoms with Crippen LogP contribution in [0.5, 0.6) is 0 Å². The summed E-state index contributed by atoms with van der Waals surface area (Å²) in [5, 5.41) is 4.61. The first kappa shape index (κ1) is 11.4. The molecule has 3 rings (SSSR count). The van der Waals surface area contributed by atoms with Gasteiger partial charge in [0, 0.05) is 17.6 Å². The van der Waals surface area contributed by atoms with Gasteiger partial charge in [0.05, 0.1) is 5.56 Å². The first-order valence-electron chi connectivity index (χ1n) is 5.77. The number of ketones is 1. The molecular weight excluding hydrogens is 244 g/mol. The van der Waals surface area contributed by atoms with E-state index < -0.39 is 0 Å². The van der Waals surface area contributed by atoms with E-state index in [1.165, 1.54) is 24.6 Å². The van der Waals surface area contributed by atoms with Crippen LogP contribution in [0, 0.1) is 0 Å². The third-order valence-corrected chi connectivity index (χ3v) is 2.86. The minimum Gasteiger partial charge on any atom is -0.464 e. The van der Waals surface area contributed by atoms with E-state index in [-0.39, 0.29) is 17.9 Å². The molecule has 0 bridgehead atoms. The van der Waals surface area contributed by atoms with Crippen LogP contribution in [0.1, 0.15) is 10.4 Å². The van der Waals surface area contributed by atoms with E-state index in [1.807, 2.05) is 18.2 Å². The molecular formula is C14H10N2O3. The normalized spacial score (nSPS) is 10.7. The van der Waals surface area contributed by atoms with Crippen molar-refractivity contribution in [3.05, 3.63) is 64.8 Å². The lowest BCUT2D eigenvalue weighted by atomic mass is 10.1. The number of Topliss-reactive ketones (excluding diaryl/α,β-unsaturated/α-hetero) is 1. The Kier molecular flexibility index (Phi) is 2.72. The van der Waals surface area contributed by atoms with Crippen molar-refractivity contribution in [2.24, 2.45) is 0 Å². The quantitative estimate of drug-likeness (QED) is 0.669. The van der Waals surface area contributed by atoms with Gasteiger partial charge in [-0.25, -0.2) is 4.68 Å². The first-order chi connectivity index (χ1) is 9.25. The van der Waals surface area contributed by atoms with Crippen LogP contribution in [-0.2, 0) is 6.54 Å². The molecule has 19 heavy (non-hydrogen) atoms. The molecule has 2 heterocycles. The molecule has 0 saturated carbocycles. The Morgan fingerprint density at radius 3 is 2.89 bits per heavy atom. The Hall–Kier alpha value is -2.69. The Balaban J connectivity index is 1.97. The fraction of sp³-hybridized carbons (Fsp3) is 0.0714. The van der Waals surface area contributed by atoms with Gasteiger partial charge >= 0.3 is 0 Å². The Bertz CT molecular complexity index is 801. The number of aromatic nitrogens is 2. The lowest BCUT2D eigenvalue weighted by molar-refractivity contribution is 0.0966. The molecule has 0 saturated heterocycles. The summed E-state index contributed by atoms with van der Waals surface area (Å²) >= 11 is 0. The third-order valence-electron chi connectivity index (χ3n) is 2.86. The van der Waals surface area contributed by atoms with Gasteiger partial charge < -0.3 is 4.42 Å². The van der Waals surface area contributed by atoms with Gasteiger partial charge in [-0.15, -0.1) is 0 Å². The molecule has 5 heteroatoms. The Morgan fingerprint density at radius 1 is 1.21 bits per heavy atom. The van der Waals surface area contributed by atoms with Crippen molar-refractivity contribution in [2.45, 2.75) is 6.54 Å². The maximum Gasteiger partial charge on any atom is 0.267 e. The SMILES string of the molecule is O=C(Cn1ncccc1=O)c1coc2ccccc12. The predicted molar refractivity (Wildman–Crippen MR) is 69.0 cm³/mol. The zero-order chi connectivity index (χ0) is 13.2. The number of rotatable bonds is 3. The molecule has 0 atom stereocenters. The van der Waals surface area contributed by atoms with Gasteiger partial charge in [0.2, 0.25) is 0 Å². The zero-order valence-electron chi connectivity index (χ0n) is 9.95. The monoisotopic (exact) mass is 254 g/mol. The summed E-state index contributed by atoms with van der Waals surface area (Å²) in [6.45, 7) is -0.0940. The molecule has 0 spiro atoms. The molecule has 0 aliphatic carbocycles. The van der Waals surface area contributed by atoms with Crippen LogP contribution in [0.2, 0.25) is 0 Å². The number of furan rings is 1. The van der Waals surface area contributed by atoms with Crippen LogP contribution in [0.15, 0.2) is 58.1 Å². The van der Waals surface area contributed by atoms with Crippen molar-refractivity contribution in [3.8, 4) is 0 Å². The van der Waals surface area contributed by atoms with E-state index >= 15 is 0 Å². The maximum absolute atomic E-state index is 12.2. The number of hydrogen-bond donors (Lipinski definition) is 0. The van der Waals surface area contributed by atoms with Gasteiger partial charge in [0.15, 0.2) is 5.78 Å². The minimum absolute atomic E-state index is 0.0940. The molecule has 94 valence electrons. The van der Waals surface area contributed by atoms with Gasteiger partial charge in [-0.05, 0) is 12.1 Å². The summed E-state index contributed by atoms with van der Waals surface area (Å²) in [6, 6.07) is 10.2. The van der Waals surface area contributed by atoms with E-state index in [2.05, 4.69) is 5.10 Å². The average Bonchev–Trinajstić information content (AvgIpc) is 2.85. The maximum atomic E-state index is 12.2. The molecule has 2 aromatic heterocycles. The standard InChI is InChI=1S/C14H10N2O3/c17-12(8-16-14(18)6-3-7-15-16)11-9-19-13-5-2-1-4-10(11)13/h1-7,9H,8H2. The molecule has 5 nitrogen and oxygen atoms in total. The fourth-order valence-corrected chi connectivity index (χ4v) is 1.92. The Morgan fingerprint density at radius 2 is 2.05 bits per heavy atom. The number of fused-ring (bicyclic) bond motifs is 1. The van der Waals surface area contributed by atoms with E-state index in [1.54, 1.807) is 6.07 Å². The van der Waals surface area contributed by atoms with Crippen LogP contribution in [-0.4, -0.2) is 15.6 Å². The lowest BCUT2D eigenvalue weighted by Gasteiger charge is -2.01. The third kappa shape index (κ3) is 2.06. The summed E-state index contributed by atoms with van der Waals surface area (Å²) in [4.78, 5) is 23.7. The summed E-state index contributed by atoms with van der Waals surface area (Å²) in [7, 11) is 0. The number of benzene rings is 1. The van der Waals surface area contributed by atoms with Crippen molar-refractivity contribution in [1.82, 2.24) is 9.78 Å². The predicted octanol–water partition coefficient (Wildman–Crippen LogP) is 1.87. The molecule has 0 radical (unpaired) electrons. The second-order valence-corrected chi connectivity index (χ2v) is 4.09. The minimum atomic E-state index is -0.302. The van der Waals surface area contributed by atoms with E-state index in [4.69, 9.17) is 4.42 Å². The topological polar surface area (TPSA) is 65.1 Å².